The number of nitrogens with two attached hydrogens (primary N) is 1. The topological polar surface area (TPSA) is 92.5 Å². The quantitative estimate of drug-likeness (QED) is 0.836. The van der Waals surface area contributed by atoms with Crippen molar-refractivity contribution in [2.45, 2.75) is 49.1 Å². The second kappa shape index (κ2) is 7.82. The van der Waals surface area contributed by atoms with E-state index in [-0.39, 0.29) is 35.3 Å². The number of nitrogens with one attached hydrogen (secondary N) is 1. The molecule has 3 N–H and O–H groups in total. The van der Waals surface area contributed by atoms with E-state index in [2.05, 4.69) is 4.72 Å². The van der Waals surface area contributed by atoms with Gasteiger partial charge >= 0.3 is 0 Å². The average Bonchev–Trinajstić information content (AvgIpc) is 3.18. The molecule has 0 unspecified atom stereocenters. The number of halogens is 1. The van der Waals surface area contributed by atoms with E-state index in [1.165, 1.54) is 12.1 Å². The molecule has 1 atom stereocenters. The first-order valence-electron chi connectivity index (χ1n) is 8.13. The van der Waals surface area contributed by atoms with Crippen LogP contribution in [0.1, 0.15) is 42.5 Å². The molecule has 1 saturated heterocycles. The highest BCUT2D eigenvalue weighted by Gasteiger charge is 2.27. The van der Waals surface area contributed by atoms with Crippen LogP contribution < -0.4 is 10.5 Å². The Kier molecular flexibility index (Phi) is 6.25. The van der Waals surface area contributed by atoms with Gasteiger partial charge in [0.15, 0.2) is 0 Å². The maximum atomic E-state index is 12.5. The van der Waals surface area contributed by atoms with Crippen LogP contribution in [0.25, 0.3) is 0 Å². The Morgan fingerprint density at radius 3 is 2.54 bits per heavy atom. The zero-order valence-electron chi connectivity index (χ0n) is 13.5. The number of likely N-dealkylation sites (tertiary alicyclic amines) is 1. The molecule has 0 aromatic heterocycles. The fraction of sp³-hybridized carbons (Fsp3) is 0.562. The van der Waals surface area contributed by atoms with Crippen molar-refractivity contribution in [3.63, 3.8) is 0 Å². The number of rotatable bonds is 4. The highest BCUT2D eigenvalue weighted by molar-refractivity contribution is 7.89. The molecule has 1 aliphatic carbocycles. The van der Waals surface area contributed by atoms with Crippen molar-refractivity contribution in [1.82, 2.24) is 9.62 Å². The first kappa shape index (κ1) is 19.2. The summed E-state index contributed by atoms with van der Waals surface area (Å²) < 4.78 is 27.7. The lowest BCUT2D eigenvalue weighted by atomic mass is 10.2. The number of amides is 1. The Labute approximate surface area is 149 Å². The number of benzene rings is 1. The molecule has 2 aliphatic rings. The van der Waals surface area contributed by atoms with Gasteiger partial charge < -0.3 is 10.6 Å². The minimum absolute atomic E-state index is 0. The third kappa shape index (κ3) is 4.27. The van der Waals surface area contributed by atoms with Crippen molar-refractivity contribution in [2.75, 3.05) is 13.1 Å². The van der Waals surface area contributed by atoms with Crippen molar-refractivity contribution in [3.8, 4) is 0 Å². The number of sulfonamides is 1. The van der Waals surface area contributed by atoms with Crippen LogP contribution in [0.4, 0.5) is 0 Å². The average molecular weight is 374 g/mol. The van der Waals surface area contributed by atoms with Crippen LogP contribution in [0.3, 0.4) is 0 Å². The zero-order chi connectivity index (χ0) is 16.4. The summed E-state index contributed by atoms with van der Waals surface area (Å²) in [7, 11) is -3.58. The molecule has 8 heteroatoms. The molecule has 134 valence electrons. The lowest BCUT2D eigenvalue weighted by Crippen LogP contribution is -2.33. The number of hydrogen-bond donors (Lipinski definition) is 2. The maximum absolute atomic E-state index is 12.5. The third-order valence-corrected chi connectivity index (χ3v) is 6.10. The van der Waals surface area contributed by atoms with E-state index in [1.54, 1.807) is 17.0 Å². The van der Waals surface area contributed by atoms with E-state index < -0.39 is 10.0 Å². The fourth-order valence-corrected chi connectivity index (χ4v) is 4.63. The molecule has 3 rings (SSSR count). The van der Waals surface area contributed by atoms with Gasteiger partial charge in [0, 0.05) is 30.7 Å². The molecule has 1 saturated carbocycles. The molecular formula is C16H24ClN3O3S. The predicted molar refractivity (Wildman–Crippen MR) is 94.8 cm³/mol. The first-order chi connectivity index (χ1) is 11.0. The minimum Gasteiger partial charge on any atom is -0.337 e. The Hall–Kier alpha value is -1.15. The summed E-state index contributed by atoms with van der Waals surface area (Å²) in [5, 5.41) is 0. The summed E-state index contributed by atoms with van der Waals surface area (Å²) in [6, 6.07) is 6.28. The van der Waals surface area contributed by atoms with Gasteiger partial charge in [0.25, 0.3) is 5.91 Å². The number of carbonyl (C=O) groups is 1. The molecule has 0 radical (unpaired) electrons. The molecule has 2 fully saturated rings. The van der Waals surface area contributed by atoms with Gasteiger partial charge in [-0.1, -0.05) is 18.9 Å². The van der Waals surface area contributed by atoms with E-state index >= 15 is 0 Å². The van der Waals surface area contributed by atoms with E-state index in [4.69, 9.17) is 5.73 Å². The summed E-state index contributed by atoms with van der Waals surface area (Å²) in [6.07, 6.45) is 4.65. The first-order valence-corrected chi connectivity index (χ1v) is 9.61. The normalized spacial score (nSPS) is 21.7. The van der Waals surface area contributed by atoms with E-state index in [9.17, 15) is 13.2 Å². The largest absolute Gasteiger partial charge is 0.337 e. The van der Waals surface area contributed by atoms with Gasteiger partial charge in [-0.05, 0) is 37.5 Å². The van der Waals surface area contributed by atoms with Crippen LogP contribution in [-0.4, -0.2) is 44.4 Å². The summed E-state index contributed by atoms with van der Waals surface area (Å²) in [5.74, 6) is -0.157. The monoisotopic (exact) mass is 373 g/mol. The Morgan fingerprint density at radius 2 is 1.92 bits per heavy atom. The zero-order valence-corrected chi connectivity index (χ0v) is 15.1. The Bertz CT molecular complexity index is 690. The molecule has 24 heavy (non-hydrogen) atoms. The minimum atomic E-state index is -3.58. The van der Waals surface area contributed by atoms with Gasteiger partial charge in [-0.2, -0.15) is 0 Å². The van der Waals surface area contributed by atoms with Gasteiger partial charge in [-0.15, -0.1) is 12.4 Å². The smallest absolute Gasteiger partial charge is 0.253 e. The van der Waals surface area contributed by atoms with Crippen molar-refractivity contribution < 1.29 is 13.2 Å². The molecule has 0 spiro atoms. The highest BCUT2D eigenvalue weighted by atomic mass is 35.5. The lowest BCUT2D eigenvalue weighted by molar-refractivity contribution is 0.0790. The highest BCUT2D eigenvalue weighted by Crippen LogP contribution is 2.21. The lowest BCUT2D eigenvalue weighted by Gasteiger charge is -2.17. The second-order valence-corrected chi connectivity index (χ2v) is 8.14. The molecule has 1 aromatic carbocycles. The van der Waals surface area contributed by atoms with E-state index in [1.807, 2.05) is 0 Å². The second-order valence-electron chi connectivity index (χ2n) is 6.43. The molecular weight excluding hydrogens is 350 g/mol. The number of carbonyl (C=O) groups excluding carboxylic acids is 1. The summed E-state index contributed by atoms with van der Waals surface area (Å²) in [6.45, 7) is 1.15. The maximum Gasteiger partial charge on any atom is 0.253 e. The van der Waals surface area contributed by atoms with E-state index in [0.29, 0.717) is 18.7 Å². The molecule has 1 aliphatic heterocycles. The van der Waals surface area contributed by atoms with Crippen molar-refractivity contribution >= 4 is 28.3 Å². The van der Waals surface area contributed by atoms with Crippen molar-refractivity contribution in [2.24, 2.45) is 5.73 Å². The van der Waals surface area contributed by atoms with Gasteiger partial charge in [-0.3, -0.25) is 4.79 Å². The van der Waals surface area contributed by atoms with Gasteiger partial charge in [0.2, 0.25) is 10.0 Å². The molecule has 0 bridgehead atoms. The predicted octanol–water partition coefficient (Wildman–Crippen LogP) is 1.50. The standard InChI is InChI=1S/C16H23N3O3S.ClH/c17-13-8-9-19(11-13)16(20)12-4-3-7-15(10-12)23(21,22)18-14-5-1-2-6-14;/h3-4,7,10,13-14,18H,1-2,5-6,8-9,11,17H2;1H/t13-;/m1./s1. The number of nitrogens with zero attached hydrogens (tertiary/aromatic N) is 1. The summed E-state index contributed by atoms with van der Waals surface area (Å²) in [4.78, 5) is 14.3. The van der Waals surface area contributed by atoms with Gasteiger partial charge in [0.1, 0.15) is 0 Å². The molecule has 6 nitrogen and oxygen atoms in total. The Morgan fingerprint density at radius 1 is 1.21 bits per heavy atom. The van der Waals surface area contributed by atoms with Crippen LogP contribution in [0.5, 0.6) is 0 Å². The van der Waals surface area contributed by atoms with Crippen LogP contribution in [0.2, 0.25) is 0 Å². The number of hydrogen-bond acceptors (Lipinski definition) is 4. The van der Waals surface area contributed by atoms with Crippen molar-refractivity contribution in [1.29, 1.82) is 0 Å². The van der Waals surface area contributed by atoms with Gasteiger partial charge in [0.05, 0.1) is 4.90 Å². The Balaban J connectivity index is 0.00000208. The summed E-state index contributed by atoms with van der Waals surface area (Å²) >= 11 is 0. The molecule has 1 amide bonds. The summed E-state index contributed by atoms with van der Waals surface area (Å²) in [5.41, 5.74) is 6.23. The van der Waals surface area contributed by atoms with Crippen LogP contribution in [0.15, 0.2) is 29.2 Å². The van der Waals surface area contributed by atoms with Crippen LogP contribution >= 0.6 is 12.4 Å². The van der Waals surface area contributed by atoms with Crippen LogP contribution in [0, 0.1) is 0 Å². The SMILES string of the molecule is Cl.N[C@@H]1CCN(C(=O)c2cccc(S(=O)(=O)NC3CCCC3)c2)C1. The van der Waals surface area contributed by atoms with Crippen molar-refractivity contribution in [3.05, 3.63) is 29.8 Å². The molecule has 1 heterocycles. The fourth-order valence-electron chi connectivity index (χ4n) is 3.28. The van der Waals surface area contributed by atoms with Crippen LogP contribution in [-0.2, 0) is 10.0 Å². The van der Waals surface area contributed by atoms with E-state index in [0.717, 1.165) is 32.1 Å². The van der Waals surface area contributed by atoms with Gasteiger partial charge in [-0.25, -0.2) is 13.1 Å². The third-order valence-electron chi connectivity index (χ3n) is 4.58. The molecule has 1 aromatic rings.